The Morgan fingerprint density at radius 2 is 2.00 bits per heavy atom. The van der Waals surface area contributed by atoms with Crippen molar-refractivity contribution in [3.63, 3.8) is 0 Å². The van der Waals surface area contributed by atoms with Gasteiger partial charge in [-0.25, -0.2) is 0 Å². The van der Waals surface area contributed by atoms with Crippen LogP contribution in [-0.4, -0.2) is 43.8 Å². The van der Waals surface area contributed by atoms with Gasteiger partial charge in [0.25, 0.3) is 0 Å². The van der Waals surface area contributed by atoms with E-state index >= 15 is 0 Å². The Hall–Kier alpha value is -0.120. The topological polar surface area (TPSA) is 38.5 Å². The molecule has 18 heavy (non-hydrogen) atoms. The fourth-order valence-electron chi connectivity index (χ4n) is 4.16. The first-order valence-corrected chi connectivity index (χ1v) is 7.33. The first-order chi connectivity index (χ1) is 8.39. The third-order valence-corrected chi connectivity index (χ3v) is 4.43. The largest absolute Gasteiger partial charge is 0.383 e. The molecular weight excluding hydrogens is 224 g/mol. The smallest absolute Gasteiger partial charge is 0.0589 e. The molecule has 3 heteroatoms. The van der Waals surface area contributed by atoms with Gasteiger partial charge in [0.2, 0.25) is 0 Å². The van der Waals surface area contributed by atoms with E-state index in [0.29, 0.717) is 5.41 Å². The van der Waals surface area contributed by atoms with Gasteiger partial charge in [-0.05, 0) is 37.1 Å². The fraction of sp³-hybridized carbons (Fsp3) is 1.00. The van der Waals surface area contributed by atoms with Gasteiger partial charge in [-0.15, -0.1) is 0 Å². The lowest BCUT2D eigenvalue weighted by Crippen LogP contribution is -2.59. The molecule has 1 fully saturated rings. The maximum Gasteiger partial charge on any atom is 0.0589 e. The standard InChI is InChI=1S/C15H32N2O/c1-6-17(7-8-18-5)15(12-16)10-13(2)9-14(3,4)11-15/h13H,6-12,16H2,1-5H3. The molecule has 2 N–H and O–H groups in total. The van der Waals surface area contributed by atoms with Crippen LogP contribution >= 0.6 is 0 Å². The quantitative estimate of drug-likeness (QED) is 0.793. The van der Waals surface area contributed by atoms with Crippen molar-refractivity contribution < 1.29 is 4.74 Å². The van der Waals surface area contributed by atoms with Crippen LogP contribution < -0.4 is 5.73 Å². The molecule has 1 aliphatic carbocycles. The van der Waals surface area contributed by atoms with E-state index in [9.17, 15) is 0 Å². The van der Waals surface area contributed by atoms with Crippen LogP contribution in [0.15, 0.2) is 0 Å². The summed E-state index contributed by atoms with van der Waals surface area (Å²) in [6.07, 6.45) is 3.75. The predicted molar refractivity (Wildman–Crippen MR) is 77.7 cm³/mol. The van der Waals surface area contributed by atoms with E-state index in [0.717, 1.165) is 32.2 Å². The maximum atomic E-state index is 6.19. The molecule has 0 radical (unpaired) electrons. The monoisotopic (exact) mass is 256 g/mol. The second-order valence-electron chi connectivity index (χ2n) is 6.86. The van der Waals surface area contributed by atoms with Gasteiger partial charge >= 0.3 is 0 Å². The lowest BCUT2D eigenvalue weighted by atomic mass is 9.63. The maximum absolute atomic E-state index is 6.19. The SMILES string of the molecule is CCN(CCOC)C1(CN)CC(C)CC(C)(C)C1. The number of nitrogens with two attached hydrogens (primary N) is 1. The lowest BCUT2D eigenvalue weighted by Gasteiger charge is -2.53. The summed E-state index contributed by atoms with van der Waals surface area (Å²) in [6.45, 7) is 13.0. The highest BCUT2D eigenvalue weighted by molar-refractivity contribution is 5.01. The molecule has 108 valence electrons. The zero-order chi connectivity index (χ0) is 13.8. The van der Waals surface area contributed by atoms with Gasteiger partial charge in [-0.2, -0.15) is 0 Å². The molecule has 1 saturated carbocycles. The molecule has 0 aromatic carbocycles. The number of hydrogen-bond donors (Lipinski definition) is 1. The van der Waals surface area contributed by atoms with Gasteiger partial charge in [-0.3, -0.25) is 4.90 Å². The van der Waals surface area contributed by atoms with E-state index in [1.165, 1.54) is 19.3 Å². The summed E-state index contributed by atoms with van der Waals surface area (Å²) in [7, 11) is 1.77. The second-order valence-corrected chi connectivity index (χ2v) is 6.86. The third kappa shape index (κ3) is 3.69. The molecule has 0 aromatic rings. The van der Waals surface area contributed by atoms with E-state index in [4.69, 9.17) is 10.5 Å². The number of hydrogen-bond acceptors (Lipinski definition) is 3. The van der Waals surface area contributed by atoms with Crippen LogP contribution in [0.5, 0.6) is 0 Å². The summed E-state index contributed by atoms with van der Waals surface area (Å²) in [5, 5.41) is 0. The summed E-state index contributed by atoms with van der Waals surface area (Å²) in [4.78, 5) is 2.55. The average molecular weight is 256 g/mol. The minimum absolute atomic E-state index is 0.175. The summed E-state index contributed by atoms with van der Waals surface area (Å²) in [5.74, 6) is 0.758. The molecule has 1 rings (SSSR count). The van der Waals surface area contributed by atoms with Crippen LogP contribution in [0.3, 0.4) is 0 Å². The van der Waals surface area contributed by atoms with Gasteiger partial charge in [0, 0.05) is 25.7 Å². The zero-order valence-corrected chi connectivity index (χ0v) is 13.0. The first kappa shape index (κ1) is 15.9. The Labute approximate surface area is 113 Å². The third-order valence-electron chi connectivity index (χ3n) is 4.43. The Kier molecular flexibility index (Phi) is 5.63. The van der Waals surface area contributed by atoms with Crippen molar-refractivity contribution in [2.75, 3.05) is 33.4 Å². The molecule has 0 spiro atoms. The summed E-state index contributed by atoms with van der Waals surface area (Å²) in [5.41, 5.74) is 6.76. The van der Waals surface area contributed by atoms with E-state index in [2.05, 4.69) is 32.6 Å². The van der Waals surface area contributed by atoms with E-state index < -0.39 is 0 Å². The van der Waals surface area contributed by atoms with Crippen molar-refractivity contribution in [2.24, 2.45) is 17.1 Å². The molecule has 2 atom stereocenters. The van der Waals surface area contributed by atoms with Crippen LogP contribution in [0.25, 0.3) is 0 Å². The Balaban J connectivity index is 2.87. The Bertz CT molecular complexity index is 255. The minimum Gasteiger partial charge on any atom is -0.383 e. The molecule has 0 saturated heterocycles. The van der Waals surface area contributed by atoms with Crippen molar-refractivity contribution in [1.29, 1.82) is 0 Å². The van der Waals surface area contributed by atoms with Crippen LogP contribution in [0, 0.1) is 11.3 Å². The molecular formula is C15H32N2O. The molecule has 0 bridgehead atoms. The fourth-order valence-corrected chi connectivity index (χ4v) is 4.16. The van der Waals surface area contributed by atoms with Crippen molar-refractivity contribution in [2.45, 2.75) is 52.5 Å². The molecule has 1 aliphatic rings. The first-order valence-electron chi connectivity index (χ1n) is 7.33. The summed E-state index contributed by atoms with van der Waals surface area (Å²) < 4.78 is 5.25. The van der Waals surface area contributed by atoms with E-state index in [1.807, 2.05) is 0 Å². The summed E-state index contributed by atoms with van der Waals surface area (Å²) >= 11 is 0. The minimum atomic E-state index is 0.175. The van der Waals surface area contributed by atoms with Gasteiger partial charge in [0.1, 0.15) is 0 Å². The van der Waals surface area contributed by atoms with Crippen LogP contribution in [0.1, 0.15) is 47.0 Å². The van der Waals surface area contributed by atoms with Gasteiger partial charge in [0.15, 0.2) is 0 Å². The Morgan fingerprint density at radius 3 is 2.44 bits per heavy atom. The molecule has 2 unspecified atom stereocenters. The van der Waals surface area contributed by atoms with Crippen LogP contribution in [-0.2, 0) is 4.74 Å². The highest BCUT2D eigenvalue weighted by Gasteiger charge is 2.44. The lowest BCUT2D eigenvalue weighted by molar-refractivity contribution is -0.0194. The van der Waals surface area contributed by atoms with E-state index in [1.54, 1.807) is 7.11 Å². The average Bonchev–Trinajstić information content (AvgIpc) is 2.27. The highest BCUT2D eigenvalue weighted by atomic mass is 16.5. The van der Waals surface area contributed by atoms with Crippen molar-refractivity contribution in [3.8, 4) is 0 Å². The Morgan fingerprint density at radius 1 is 1.33 bits per heavy atom. The number of rotatable bonds is 6. The molecule has 0 heterocycles. The summed E-state index contributed by atoms with van der Waals surface area (Å²) in [6, 6.07) is 0. The zero-order valence-electron chi connectivity index (χ0n) is 13.0. The molecule has 0 aliphatic heterocycles. The predicted octanol–water partition coefficient (Wildman–Crippen LogP) is 2.50. The number of likely N-dealkylation sites (N-methyl/N-ethyl adjacent to an activating group) is 1. The highest BCUT2D eigenvalue weighted by Crippen LogP contribution is 2.46. The number of nitrogens with zero attached hydrogens (tertiary/aromatic N) is 1. The van der Waals surface area contributed by atoms with Gasteiger partial charge in [0.05, 0.1) is 6.61 Å². The molecule has 0 aromatic heterocycles. The van der Waals surface area contributed by atoms with Crippen molar-refractivity contribution in [3.05, 3.63) is 0 Å². The van der Waals surface area contributed by atoms with E-state index in [-0.39, 0.29) is 5.54 Å². The van der Waals surface area contributed by atoms with Crippen LogP contribution in [0.4, 0.5) is 0 Å². The molecule has 3 nitrogen and oxygen atoms in total. The normalized spacial score (nSPS) is 31.8. The number of ether oxygens (including phenoxy) is 1. The van der Waals surface area contributed by atoms with Crippen LogP contribution in [0.2, 0.25) is 0 Å². The second kappa shape index (κ2) is 6.36. The van der Waals surface area contributed by atoms with Crippen molar-refractivity contribution >= 4 is 0 Å². The van der Waals surface area contributed by atoms with Gasteiger partial charge < -0.3 is 10.5 Å². The molecule has 0 amide bonds. The van der Waals surface area contributed by atoms with Gasteiger partial charge in [-0.1, -0.05) is 27.7 Å². The number of methoxy groups -OCH3 is 1. The van der Waals surface area contributed by atoms with Crippen molar-refractivity contribution in [1.82, 2.24) is 4.90 Å².